The molecule has 1 saturated carbocycles. The van der Waals surface area contributed by atoms with Crippen LogP contribution in [0.3, 0.4) is 0 Å². The predicted molar refractivity (Wildman–Crippen MR) is 83.0 cm³/mol. The topological polar surface area (TPSA) is 93.5 Å². The van der Waals surface area contributed by atoms with E-state index in [2.05, 4.69) is 17.5 Å². The predicted octanol–water partition coefficient (Wildman–Crippen LogP) is 2.01. The van der Waals surface area contributed by atoms with Crippen molar-refractivity contribution in [3.8, 4) is 0 Å². The van der Waals surface area contributed by atoms with Gasteiger partial charge in [0.1, 0.15) is 0 Å². The lowest BCUT2D eigenvalue weighted by Gasteiger charge is -2.11. The second kappa shape index (κ2) is 4.86. The maximum Gasteiger partial charge on any atom is 0.189 e. The fourth-order valence-electron chi connectivity index (χ4n) is 2.56. The molecule has 110 valence electrons. The van der Waals surface area contributed by atoms with Crippen LogP contribution in [0.1, 0.15) is 42.1 Å². The van der Waals surface area contributed by atoms with Gasteiger partial charge in [-0.25, -0.2) is 5.84 Å². The van der Waals surface area contributed by atoms with Crippen molar-refractivity contribution >= 4 is 23.2 Å². The zero-order chi connectivity index (χ0) is 15.2. The number of rotatable bonds is 4. The zero-order valence-corrected chi connectivity index (χ0v) is 12.5. The zero-order valence-electron chi connectivity index (χ0n) is 11.7. The van der Waals surface area contributed by atoms with E-state index in [1.54, 1.807) is 6.07 Å². The number of hydrazine groups is 1. The number of hydrazone groups is 1. The molecule has 0 bridgehead atoms. The Labute approximate surface area is 128 Å². The summed E-state index contributed by atoms with van der Waals surface area (Å²) in [6, 6.07) is 5.55. The number of carbonyl (C=O) groups is 1. The van der Waals surface area contributed by atoms with Gasteiger partial charge in [0.05, 0.1) is 0 Å². The van der Waals surface area contributed by atoms with E-state index in [1.807, 2.05) is 12.1 Å². The maximum atomic E-state index is 12.4. The average Bonchev–Trinajstić information content (AvgIpc) is 3.37. The third kappa shape index (κ3) is 2.43. The molecule has 21 heavy (non-hydrogen) atoms. The molecule has 2 aliphatic rings. The fraction of sp³-hybridized carbons (Fsp3) is 0.333. The summed E-state index contributed by atoms with van der Waals surface area (Å²) in [4.78, 5) is 12.4. The Bertz CT molecular complexity index is 689. The molecular formula is C15H17ClN4O. The van der Waals surface area contributed by atoms with Crippen molar-refractivity contribution in [3.05, 3.63) is 45.5 Å². The van der Waals surface area contributed by atoms with Crippen molar-refractivity contribution in [1.29, 1.82) is 0 Å². The molecule has 0 aliphatic heterocycles. The number of benzene rings is 1. The summed E-state index contributed by atoms with van der Waals surface area (Å²) < 4.78 is 0. The molecule has 5 nitrogen and oxygen atoms in total. The molecule has 5 N–H and O–H groups in total. The number of nitrogens with zero attached hydrogens (tertiary/aromatic N) is 1. The van der Waals surface area contributed by atoms with Crippen molar-refractivity contribution in [3.63, 3.8) is 0 Å². The number of allylic oxidation sites excluding steroid dienone is 1. The van der Waals surface area contributed by atoms with Crippen LogP contribution in [0.4, 0.5) is 0 Å². The molecule has 3 rings (SSSR count). The van der Waals surface area contributed by atoms with Crippen LogP contribution < -0.4 is 17.1 Å². The van der Waals surface area contributed by atoms with Crippen molar-refractivity contribution < 1.29 is 4.79 Å². The number of Topliss-reactive ketones (excluding diaryl/α,β-unsaturated/α-hetero) is 1. The molecule has 0 unspecified atom stereocenters. The van der Waals surface area contributed by atoms with E-state index in [-0.39, 0.29) is 11.2 Å². The fourth-order valence-corrected chi connectivity index (χ4v) is 2.96. The molecular weight excluding hydrogens is 288 g/mol. The molecule has 0 saturated heterocycles. The first kappa shape index (κ1) is 14.1. The Morgan fingerprint density at radius 2 is 2.10 bits per heavy atom. The number of carbonyl (C=O) groups excluding carboxylic acids is 1. The lowest BCUT2D eigenvalue weighted by Crippen LogP contribution is -2.30. The Hall–Kier alpha value is -1.85. The van der Waals surface area contributed by atoms with Gasteiger partial charge in [0, 0.05) is 28.2 Å². The Balaban J connectivity index is 1.86. The summed E-state index contributed by atoms with van der Waals surface area (Å²) in [5.74, 6) is 10.8. The molecule has 0 radical (unpaired) electrons. The van der Waals surface area contributed by atoms with Gasteiger partial charge in [-0.1, -0.05) is 30.7 Å². The Morgan fingerprint density at radius 3 is 2.62 bits per heavy atom. The van der Waals surface area contributed by atoms with Crippen molar-refractivity contribution in [2.24, 2.45) is 16.8 Å². The molecule has 6 heteroatoms. The van der Waals surface area contributed by atoms with E-state index in [4.69, 9.17) is 23.3 Å². The standard InChI is InChI=1S/C15H17ClN4O/c1-15(4-5-15)11-3-2-8(6-12(11)16)13(21)9-7-10(9)14(19-17)20-18/h2-3,6H,4-5,7,17-18H2,1H3,(H,19,20). The van der Waals surface area contributed by atoms with Gasteiger partial charge < -0.3 is 11.3 Å². The molecule has 0 heterocycles. The summed E-state index contributed by atoms with van der Waals surface area (Å²) in [6.45, 7) is 2.19. The molecule has 1 fully saturated rings. The summed E-state index contributed by atoms with van der Waals surface area (Å²) in [7, 11) is 0. The van der Waals surface area contributed by atoms with Crippen LogP contribution in [-0.2, 0) is 5.41 Å². The normalized spacial score (nSPS) is 19.5. The molecule has 0 atom stereocenters. The number of nitrogens with one attached hydrogen (secondary N) is 1. The Kier molecular flexibility index (Phi) is 3.26. The number of hydrogen-bond acceptors (Lipinski definition) is 4. The molecule has 0 amide bonds. The highest BCUT2D eigenvalue weighted by molar-refractivity contribution is 6.32. The van der Waals surface area contributed by atoms with Crippen LogP contribution in [0.2, 0.25) is 5.02 Å². The second-order valence-corrected chi connectivity index (χ2v) is 6.25. The van der Waals surface area contributed by atoms with Crippen LogP contribution in [0.5, 0.6) is 0 Å². The van der Waals surface area contributed by atoms with Crippen LogP contribution in [0, 0.1) is 0 Å². The first-order valence-electron chi connectivity index (χ1n) is 6.82. The smallest absolute Gasteiger partial charge is 0.189 e. The highest BCUT2D eigenvalue weighted by Gasteiger charge is 2.40. The minimum absolute atomic E-state index is 0.0456. The van der Waals surface area contributed by atoms with Gasteiger partial charge in [-0.15, -0.1) is 0 Å². The SMILES string of the molecule is CC1(c2ccc(C(=O)C3=C(/C(=N\N)NN)C3)cc2Cl)CC1. The second-order valence-electron chi connectivity index (χ2n) is 5.84. The van der Waals surface area contributed by atoms with Gasteiger partial charge in [0.25, 0.3) is 0 Å². The van der Waals surface area contributed by atoms with Crippen LogP contribution in [0.25, 0.3) is 0 Å². The number of ketones is 1. The molecule has 0 spiro atoms. The number of hydrogen-bond donors (Lipinski definition) is 3. The van der Waals surface area contributed by atoms with Crippen molar-refractivity contribution in [2.45, 2.75) is 31.6 Å². The quantitative estimate of drug-likeness (QED) is 0.261. The van der Waals surface area contributed by atoms with Crippen LogP contribution >= 0.6 is 11.6 Å². The molecule has 1 aromatic rings. The number of amidine groups is 1. The molecule has 1 aromatic carbocycles. The third-order valence-corrected chi connectivity index (χ3v) is 4.61. The van der Waals surface area contributed by atoms with E-state index in [0.717, 1.165) is 24.0 Å². The molecule has 0 aromatic heterocycles. The monoisotopic (exact) mass is 304 g/mol. The minimum atomic E-state index is -0.0456. The van der Waals surface area contributed by atoms with E-state index in [0.29, 0.717) is 28.4 Å². The first-order valence-corrected chi connectivity index (χ1v) is 7.19. The van der Waals surface area contributed by atoms with Crippen molar-refractivity contribution in [1.82, 2.24) is 5.43 Å². The van der Waals surface area contributed by atoms with E-state index < -0.39 is 0 Å². The molecule has 2 aliphatic carbocycles. The largest absolute Gasteiger partial charge is 0.321 e. The summed E-state index contributed by atoms with van der Waals surface area (Å²) in [6.07, 6.45) is 2.85. The Morgan fingerprint density at radius 1 is 1.38 bits per heavy atom. The van der Waals surface area contributed by atoms with Gasteiger partial charge in [-0.05, 0) is 29.9 Å². The lowest BCUT2D eigenvalue weighted by atomic mass is 9.96. The van der Waals surface area contributed by atoms with E-state index >= 15 is 0 Å². The summed E-state index contributed by atoms with van der Waals surface area (Å²) in [5, 5.41) is 4.17. The van der Waals surface area contributed by atoms with Gasteiger partial charge in [0.2, 0.25) is 0 Å². The average molecular weight is 305 g/mol. The van der Waals surface area contributed by atoms with Gasteiger partial charge >= 0.3 is 0 Å². The first-order chi connectivity index (χ1) is 10.00. The summed E-state index contributed by atoms with van der Waals surface area (Å²) in [5.41, 5.74) is 5.73. The highest BCUT2D eigenvalue weighted by Crippen LogP contribution is 2.50. The van der Waals surface area contributed by atoms with Crippen LogP contribution in [0.15, 0.2) is 34.4 Å². The van der Waals surface area contributed by atoms with Gasteiger partial charge in [-0.2, -0.15) is 5.10 Å². The minimum Gasteiger partial charge on any atom is -0.321 e. The number of halogens is 1. The van der Waals surface area contributed by atoms with Gasteiger partial charge in [0.15, 0.2) is 11.6 Å². The van der Waals surface area contributed by atoms with Crippen LogP contribution in [-0.4, -0.2) is 11.6 Å². The highest BCUT2D eigenvalue weighted by atomic mass is 35.5. The number of nitrogens with two attached hydrogens (primary N) is 2. The lowest BCUT2D eigenvalue weighted by molar-refractivity contribution is 0.103. The van der Waals surface area contributed by atoms with Gasteiger partial charge in [-0.3, -0.25) is 4.79 Å². The van der Waals surface area contributed by atoms with E-state index in [1.165, 1.54) is 0 Å². The maximum absolute atomic E-state index is 12.4. The third-order valence-electron chi connectivity index (χ3n) is 4.30. The van der Waals surface area contributed by atoms with Crippen molar-refractivity contribution in [2.75, 3.05) is 0 Å². The summed E-state index contributed by atoms with van der Waals surface area (Å²) >= 11 is 6.33. The van der Waals surface area contributed by atoms with E-state index in [9.17, 15) is 4.79 Å².